The van der Waals surface area contributed by atoms with Crippen LogP contribution in [-0.2, 0) is 16.6 Å². The number of aromatic nitrogens is 2. The topological polar surface area (TPSA) is 137 Å². The number of nitro groups is 1. The minimum Gasteiger partial charge on any atom is -0.378 e. The number of hydrogen-bond acceptors (Lipinski definition) is 11. The fraction of sp³-hybridized carbons (Fsp3) is 0.273. The molecule has 1 aliphatic rings. The van der Waals surface area contributed by atoms with Crippen LogP contribution in [0, 0.1) is 17.0 Å². The molecule has 7 rings (SSSR count). The number of aryl methyl sites for hydroxylation is 1. The van der Waals surface area contributed by atoms with E-state index in [1.54, 1.807) is 11.8 Å². The Hall–Kier alpha value is -5.70. The molecule has 2 heterocycles. The maximum Gasteiger partial charge on any atom is 0.293 e. The zero-order valence-corrected chi connectivity index (χ0v) is 34.8. The van der Waals surface area contributed by atoms with Crippen LogP contribution in [-0.4, -0.2) is 80.3 Å². The summed E-state index contributed by atoms with van der Waals surface area (Å²) < 4.78 is 29.9. The van der Waals surface area contributed by atoms with Crippen LogP contribution in [0.5, 0.6) is 0 Å². The van der Waals surface area contributed by atoms with Crippen LogP contribution < -0.4 is 19.8 Å². The van der Waals surface area contributed by atoms with E-state index < -0.39 is 14.9 Å². The molecule has 14 heteroatoms. The van der Waals surface area contributed by atoms with E-state index in [4.69, 9.17) is 0 Å². The summed E-state index contributed by atoms with van der Waals surface area (Å²) >= 11 is 1.74. The monoisotopic (exact) mass is 816 g/mol. The van der Waals surface area contributed by atoms with Crippen molar-refractivity contribution in [3.8, 4) is 11.1 Å². The molecule has 0 saturated carbocycles. The van der Waals surface area contributed by atoms with Crippen LogP contribution in [0.1, 0.15) is 24.5 Å². The number of nitrogens with zero attached hydrogens (tertiary/aromatic N) is 6. The number of piperazine rings is 1. The molecule has 0 amide bonds. The first-order chi connectivity index (χ1) is 27.9. The van der Waals surface area contributed by atoms with E-state index in [9.17, 15) is 18.5 Å². The molecule has 5 aromatic carbocycles. The molecule has 12 nitrogen and oxygen atoms in total. The normalized spacial score (nSPS) is 14.0. The lowest BCUT2D eigenvalue weighted by atomic mass is 9.99. The van der Waals surface area contributed by atoms with Crippen LogP contribution in [0.4, 0.5) is 28.6 Å². The predicted molar refractivity (Wildman–Crippen MR) is 237 cm³/mol. The van der Waals surface area contributed by atoms with Crippen molar-refractivity contribution in [2.75, 3.05) is 65.9 Å². The van der Waals surface area contributed by atoms with Gasteiger partial charge >= 0.3 is 0 Å². The van der Waals surface area contributed by atoms with Gasteiger partial charge in [-0.05, 0) is 96.8 Å². The number of nitrogens with one attached hydrogen (secondary N) is 2. The number of rotatable bonds is 15. The summed E-state index contributed by atoms with van der Waals surface area (Å²) in [6, 6.07) is 34.9. The minimum absolute atomic E-state index is 0.0982. The first-order valence-electron chi connectivity index (χ1n) is 19.3. The lowest BCUT2D eigenvalue weighted by Gasteiger charge is -2.36. The summed E-state index contributed by atoms with van der Waals surface area (Å²) in [4.78, 5) is 28.1. The lowest BCUT2D eigenvalue weighted by molar-refractivity contribution is -0.384. The number of thioether (sulfide) groups is 1. The highest BCUT2D eigenvalue weighted by atomic mass is 32.2. The van der Waals surface area contributed by atoms with Crippen molar-refractivity contribution in [2.24, 2.45) is 0 Å². The average molecular weight is 817 g/mol. The van der Waals surface area contributed by atoms with Gasteiger partial charge in [-0.1, -0.05) is 54.6 Å². The van der Waals surface area contributed by atoms with Crippen LogP contribution in [0.15, 0.2) is 125 Å². The highest BCUT2D eigenvalue weighted by molar-refractivity contribution is 7.99. The molecule has 1 atom stereocenters. The first-order valence-corrected chi connectivity index (χ1v) is 21.8. The molecule has 1 saturated heterocycles. The molecular weight excluding hydrogens is 769 g/mol. The summed E-state index contributed by atoms with van der Waals surface area (Å²) in [5.41, 5.74) is 7.61. The zero-order valence-electron chi connectivity index (χ0n) is 33.1. The van der Waals surface area contributed by atoms with E-state index in [-0.39, 0.29) is 28.1 Å². The van der Waals surface area contributed by atoms with E-state index in [1.807, 2.05) is 45.3 Å². The molecule has 2 N–H and O–H groups in total. The number of nitro benzene ring substituents is 1. The van der Waals surface area contributed by atoms with Gasteiger partial charge in [-0.25, -0.2) is 18.4 Å². The number of hydrogen-bond donors (Lipinski definition) is 2. The van der Waals surface area contributed by atoms with Crippen LogP contribution >= 0.6 is 11.8 Å². The molecule has 58 heavy (non-hydrogen) atoms. The van der Waals surface area contributed by atoms with Crippen molar-refractivity contribution in [2.45, 2.75) is 42.6 Å². The van der Waals surface area contributed by atoms with Gasteiger partial charge in [-0.2, -0.15) is 0 Å². The van der Waals surface area contributed by atoms with Crippen molar-refractivity contribution >= 4 is 61.3 Å². The van der Waals surface area contributed by atoms with Gasteiger partial charge in [0.1, 0.15) is 12.0 Å². The van der Waals surface area contributed by atoms with Gasteiger partial charge in [0.25, 0.3) is 15.7 Å². The molecule has 0 unspecified atom stereocenters. The second kappa shape index (κ2) is 17.8. The molecule has 1 aliphatic heterocycles. The Morgan fingerprint density at radius 1 is 0.897 bits per heavy atom. The van der Waals surface area contributed by atoms with Crippen molar-refractivity contribution < 1.29 is 13.3 Å². The highest BCUT2D eigenvalue weighted by Gasteiger charge is 2.24. The number of sulfonamides is 1. The lowest BCUT2D eigenvalue weighted by Crippen LogP contribution is -2.46. The maximum atomic E-state index is 13.7. The molecule has 0 bridgehead atoms. The van der Waals surface area contributed by atoms with Gasteiger partial charge in [0.05, 0.1) is 15.3 Å². The number of benzene rings is 5. The summed E-state index contributed by atoms with van der Waals surface area (Å²) in [5.74, 6) is 0.900. The molecule has 1 fully saturated rings. The standard InChI is InChI=1S/C44H48N8O4S2/c1-31-26-35(49(3)4)15-19-43(31)57-25-20-32(2)47-40-18-16-37(28-42(40)52(53)54)58(55,56)48-44-39-17-14-36(27-41(39)45-30-46-44)51-23-21-50(22-24-51)29-34-12-8-9-13-38(34)33-10-6-5-7-11-33/h5-19,26-28,30,32,47H,20-25,29H2,1-4H3,(H,45,46,48)/t32-/m1/s1. The summed E-state index contributed by atoms with van der Waals surface area (Å²) in [6.45, 7) is 8.35. The van der Waals surface area contributed by atoms with E-state index in [0.29, 0.717) is 10.9 Å². The second-order valence-corrected chi connectivity index (χ2v) is 17.6. The Morgan fingerprint density at radius 3 is 2.40 bits per heavy atom. The van der Waals surface area contributed by atoms with Crippen molar-refractivity contribution in [3.05, 3.63) is 137 Å². The minimum atomic E-state index is -4.24. The smallest absolute Gasteiger partial charge is 0.293 e. The van der Waals surface area contributed by atoms with Gasteiger partial charge in [0, 0.05) is 80.6 Å². The summed E-state index contributed by atoms with van der Waals surface area (Å²) in [7, 11) is -0.217. The third-order valence-corrected chi connectivity index (χ3v) is 13.0. The largest absolute Gasteiger partial charge is 0.378 e. The Morgan fingerprint density at radius 2 is 1.66 bits per heavy atom. The van der Waals surface area contributed by atoms with Gasteiger partial charge in [-0.15, -0.1) is 11.8 Å². The molecule has 6 aromatic rings. The Kier molecular flexibility index (Phi) is 12.5. The fourth-order valence-corrected chi connectivity index (χ4v) is 9.37. The highest BCUT2D eigenvalue weighted by Crippen LogP contribution is 2.33. The van der Waals surface area contributed by atoms with Crippen molar-refractivity contribution in [3.63, 3.8) is 0 Å². The molecule has 1 aromatic heterocycles. The van der Waals surface area contributed by atoms with Gasteiger partial charge in [-0.3, -0.25) is 19.7 Å². The summed E-state index contributed by atoms with van der Waals surface area (Å²) in [6.07, 6.45) is 2.06. The maximum absolute atomic E-state index is 13.7. The van der Waals surface area contributed by atoms with Crippen LogP contribution in [0.3, 0.4) is 0 Å². The van der Waals surface area contributed by atoms with E-state index >= 15 is 0 Å². The first kappa shape index (κ1) is 40.5. The fourth-order valence-electron chi connectivity index (χ4n) is 7.18. The number of fused-ring (bicyclic) bond motifs is 1. The molecule has 0 radical (unpaired) electrons. The molecule has 0 spiro atoms. The molecule has 300 valence electrons. The Balaban J connectivity index is 0.979. The molecule has 0 aliphatic carbocycles. The third-order valence-electron chi connectivity index (χ3n) is 10.4. The Bertz CT molecular complexity index is 2510. The van der Waals surface area contributed by atoms with Crippen LogP contribution in [0.25, 0.3) is 22.0 Å². The van der Waals surface area contributed by atoms with Crippen LogP contribution in [0.2, 0.25) is 0 Å². The quantitative estimate of drug-likeness (QED) is 0.0585. The van der Waals surface area contributed by atoms with Gasteiger partial charge < -0.3 is 15.1 Å². The average Bonchev–Trinajstić information content (AvgIpc) is 3.22. The Labute approximate surface area is 344 Å². The predicted octanol–water partition coefficient (Wildman–Crippen LogP) is 8.69. The van der Waals surface area contributed by atoms with Crippen molar-refractivity contribution in [1.82, 2.24) is 14.9 Å². The molecular formula is C44H48N8O4S2. The van der Waals surface area contributed by atoms with E-state index in [1.165, 1.54) is 45.6 Å². The number of anilines is 4. The van der Waals surface area contributed by atoms with E-state index in [2.05, 4.69) is 108 Å². The van der Waals surface area contributed by atoms with Gasteiger partial charge in [0.15, 0.2) is 5.82 Å². The van der Waals surface area contributed by atoms with Gasteiger partial charge in [0.2, 0.25) is 0 Å². The second-order valence-electron chi connectivity index (χ2n) is 14.8. The SMILES string of the molecule is Cc1cc(N(C)C)ccc1SCC[C@@H](C)Nc1ccc(S(=O)(=O)Nc2ncnc3cc(N4CCN(Cc5ccccc5-c5ccccc5)CC4)ccc23)cc1[N+](=O)[O-]. The zero-order chi connectivity index (χ0) is 40.8. The third kappa shape index (κ3) is 9.52. The van der Waals surface area contributed by atoms with Crippen molar-refractivity contribution in [1.29, 1.82) is 0 Å². The summed E-state index contributed by atoms with van der Waals surface area (Å²) in [5, 5.41) is 15.9. The van der Waals surface area contributed by atoms with E-state index in [0.717, 1.165) is 62.3 Å².